The van der Waals surface area contributed by atoms with E-state index in [1.54, 1.807) is 0 Å². The van der Waals surface area contributed by atoms with E-state index in [-0.39, 0.29) is 11.2 Å². The first-order valence-corrected chi connectivity index (χ1v) is 10.9. The second kappa shape index (κ2) is 7.06. The highest BCUT2D eigenvalue weighted by Gasteiger charge is 2.42. The van der Waals surface area contributed by atoms with Crippen LogP contribution < -0.4 is 5.32 Å². The van der Waals surface area contributed by atoms with Gasteiger partial charge >= 0.3 is 0 Å². The number of rotatable bonds is 2. The van der Waals surface area contributed by atoms with Gasteiger partial charge in [0.05, 0.1) is 0 Å². The molecule has 0 saturated carbocycles. The second-order valence-corrected chi connectivity index (χ2v) is 9.79. The average molecular weight is 433 g/mol. The molecule has 1 aliphatic heterocycles. The van der Waals surface area contributed by atoms with E-state index in [4.69, 9.17) is 21.7 Å². The van der Waals surface area contributed by atoms with Gasteiger partial charge in [0.15, 0.2) is 11.6 Å². The molecule has 31 heavy (non-hydrogen) atoms. The summed E-state index contributed by atoms with van der Waals surface area (Å²) in [6.07, 6.45) is 1.28. The summed E-state index contributed by atoms with van der Waals surface area (Å²) in [4.78, 5) is 18.1. The summed E-state index contributed by atoms with van der Waals surface area (Å²) in [6.45, 7) is 8.42. The number of fused-ring (bicyclic) bond motifs is 1. The van der Waals surface area contributed by atoms with Gasteiger partial charge in [-0.3, -0.25) is 4.79 Å². The number of ketones is 1. The smallest absolute Gasteiger partial charge is 0.226 e. The van der Waals surface area contributed by atoms with Crippen molar-refractivity contribution in [2.24, 2.45) is 5.41 Å². The molecule has 1 N–H and O–H groups in total. The van der Waals surface area contributed by atoms with Crippen LogP contribution in [0.2, 0.25) is 5.02 Å². The number of carbonyl (C=O) groups is 1. The van der Waals surface area contributed by atoms with E-state index in [9.17, 15) is 4.79 Å². The zero-order valence-electron chi connectivity index (χ0n) is 18.2. The van der Waals surface area contributed by atoms with Crippen LogP contribution in [-0.4, -0.2) is 20.5 Å². The molecular formula is C25H25ClN4O. The predicted molar refractivity (Wildman–Crippen MR) is 123 cm³/mol. The first kappa shape index (κ1) is 20.0. The van der Waals surface area contributed by atoms with Crippen LogP contribution in [0.15, 0.2) is 53.7 Å². The van der Waals surface area contributed by atoms with Crippen LogP contribution in [0, 0.1) is 19.3 Å². The highest BCUT2D eigenvalue weighted by molar-refractivity contribution is 6.31. The molecule has 2 heterocycles. The maximum atomic E-state index is 13.3. The molecule has 5 nitrogen and oxygen atoms in total. The normalized spacial score (nSPS) is 19.6. The van der Waals surface area contributed by atoms with Gasteiger partial charge in [0, 0.05) is 33.8 Å². The van der Waals surface area contributed by atoms with Crippen molar-refractivity contribution in [3.63, 3.8) is 0 Å². The molecule has 2 aromatic carbocycles. The Morgan fingerprint density at radius 1 is 1.10 bits per heavy atom. The number of anilines is 1. The van der Waals surface area contributed by atoms with Crippen LogP contribution in [0.25, 0.3) is 11.4 Å². The minimum atomic E-state index is -0.392. The number of Topliss-reactive ketones (excluding diaryl/α,β-unsaturated/α-hetero) is 1. The number of nitrogens with one attached hydrogen (secondary N) is 1. The number of hydrogen-bond acceptors (Lipinski definition) is 4. The molecule has 2 aliphatic rings. The Morgan fingerprint density at radius 3 is 2.61 bits per heavy atom. The van der Waals surface area contributed by atoms with Crippen LogP contribution in [0.4, 0.5) is 5.95 Å². The molecule has 0 saturated heterocycles. The third-order valence-corrected chi connectivity index (χ3v) is 6.64. The minimum Gasteiger partial charge on any atom is -0.328 e. The molecule has 158 valence electrons. The third-order valence-electron chi connectivity index (χ3n) is 6.30. The molecular weight excluding hydrogens is 408 g/mol. The van der Waals surface area contributed by atoms with Gasteiger partial charge < -0.3 is 5.32 Å². The number of aryl methyl sites for hydroxylation is 2. The molecule has 0 bridgehead atoms. The summed E-state index contributed by atoms with van der Waals surface area (Å²) in [6, 6.07) is 13.5. The first-order valence-electron chi connectivity index (χ1n) is 10.6. The summed E-state index contributed by atoms with van der Waals surface area (Å²) >= 11 is 6.61. The van der Waals surface area contributed by atoms with Gasteiger partial charge in [-0.1, -0.05) is 55.8 Å². The zero-order valence-corrected chi connectivity index (χ0v) is 18.9. The summed E-state index contributed by atoms with van der Waals surface area (Å²) in [5.74, 6) is 1.41. The van der Waals surface area contributed by atoms with Crippen LogP contribution in [0.1, 0.15) is 49.4 Å². The Bertz CT molecular complexity index is 1250. The second-order valence-electron chi connectivity index (χ2n) is 9.38. The van der Waals surface area contributed by atoms with E-state index in [0.717, 1.165) is 28.8 Å². The zero-order chi connectivity index (χ0) is 21.9. The summed E-state index contributed by atoms with van der Waals surface area (Å²) in [7, 11) is 0. The van der Waals surface area contributed by atoms with Crippen molar-refractivity contribution >= 4 is 23.3 Å². The van der Waals surface area contributed by atoms with Gasteiger partial charge in [-0.25, -0.2) is 4.68 Å². The van der Waals surface area contributed by atoms with E-state index in [2.05, 4.69) is 45.1 Å². The molecule has 0 amide bonds. The Labute approximate surface area is 187 Å². The quantitative estimate of drug-likeness (QED) is 0.549. The molecule has 3 aromatic rings. The highest BCUT2D eigenvalue weighted by atomic mass is 35.5. The van der Waals surface area contributed by atoms with Crippen LogP contribution in [-0.2, 0) is 4.79 Å². The number of benzene rings is 2. The lowest BCUT2D eigenvalue weighted by atomic mass is 9.73. The van der Waals surface area contributed by atoms with Crippen LogP contribution >= 0.6 is 11.6 Å². The Morgan fingerprint density at radius 2 is 1.87 bits per heavy atom. The predicted octanol–water partition coefficient (Wildman–Crippen LogP) is 5.87. The van der Waals surface area contributed by atoms with Crippen molar-refractivity contribution in [1.82, 2.24) is 14.8 Å². The standard InChI is InChI=1S/C25H25ClN4O/c1-14-9-10-16(11-15(14)2)23-28-24-27-19-12-25(3,4)13-20(31)21(19)22(30(24)29-23)17-7-5-6-8-18(17)26/h5-11,22H,12-13H2,1-4H3,(H,27,28,29). The summed E-state index contributed by atoms with van der Waals surface area (Å²) in [5.41, 5.74) is 5.81. The molecule has 0 fully saturated rings. The fraction of sp³-hybridized carbons (Fsp3) is 0.320. The van der Waals surface area contributed by atoms with E-state index in [1.165, 1.54) is 11.1 Å². The maximum Gasteiger partial charge on any atom is 0.226 e. The van der Waals surface area contributed by atoms with Crippen molar-refractivity contribution in [2.45, 2.75) is 46.6 Å². The SMILES string of the molecule is Cc1ccc(-c2nc3n(n2)C(c2ccccc2Cl)C2=C(CC(C)(C)CC2=O)N3)cc1C. The Kier molecular flexibility index (Phi) is 4.56. The topological polar surface area (TPSA) is 59.8 Å². The highest BCUT2D eigenvalue weighted by Crippen LogP contribution is 2.46. The van der Waals surface area contributed by atoms with Crippen molar-refractivity contribution in [3.8, 4) is 11.4 Å². The van der Waals surface area contributed by atoms with Gasteiger partial charge in [-0.2, -0.15) is 4.98 Å². The summed E-state index contributed by atoms with van der Waals surface area (Å²) < 4.78 is 1.82. The van der Waals surface area contributed by atoms with Gasteiger partial charge in [0.25, 0.3) is 0 Å². The lowest BCUT2D eigenvalue weighted by Crippen LogP contribution is -2.36. The largest absolute Gasteiger partial charge is 0.328 e. The van der Waals surface area contributed by atoms with E-state index in [0.29, 0.717) is 23.2 Å². The monoisotopic (exact) mass is 432 g/mol. The molecule has 1 unspecified atom stereocenters. The van der Waals surface area contributed by atoms with E-state index in [1.807, 2.05) is 35.0 Å². The minimum absolute atomic E-state index is 0.104. The number of halogens is 1. The summed E-state index contributed by atoms with van der Waals surface area (Å²) in [5, 5.41) is 8.89. The Hall–Kier alpha value is -2.92. The van der Waals surface area contributed by atoms with Crippen molar-refractivity contribution in [2.75, 3.05) is 5.32 Å². The van der Waals surface area contributed by atoms with Crippen LogP contribution in [0.5, 0.6) is 0 Å². The first-order chi connectivity index (χ1) is 14.7. The van der Waals surface area contributed by atoms with Gasteiger partial charge in [0.1, 0.15) is 6.04 Å². The number of hydrogen-bond donors (Lipinski definition) is 1. The van der Waals surface area contributed by atoms with Crippen molar-refractivity contribution in [1.29, 1.82) is 0 Å². The maximum absolute atomic E-state index is 13.3. The van der Waals surface area contributed by atoms with Crippen molar-refractivity contribution in [3.05, 3.63) is 75.4 Å². The lowest BCUT2D eigenvalue weighted by molar-refractivity contribution is -0.118. The fourth-order valence-corrected chi connectivity index (χ4v) is 4.84. The fourth-order valence-electron chi connectivity index (χ4n) is 4.60. The molecule has 0 spiro atoms. The molecule has 5 rings (SSSR count). The number of carbonyl (C=O) groups excluding carboxylic acids is 1. The van der Waals surface area contributed by atoms with Gasteiger partial charge in [-0.05, 0) is 48.9 Å². The van der Waals surface area contributed by atoms with Crippen molar-refractivity contribution < 1.29 is 4.79 Å². The average Bonchev–Trinajstić information content (AvgIpc) is 3.12. The van der Waals surface area contributed by atoms with Gasteiger partial charge in [0.2, 0.25) is 5.95 Å². The van der Waals surface area contributed by atoms with E-state index < -0.39 is 6.04 Å². The van der Waals surface area contributed by atoms with E-state index >= 15 is 0 Å². The molecule has 0 radical (unpaired) electrons. The van der Waals surface area contributed by atoms with Crippen LogP contribution in [0.3, 0.4) is 0 Å². The van der Waals surface area contributed by atoms with Gasteiger partial charge in [-0.15, -0.1) is 5.10 Å². The lowest BCUT2D eigenvalue weighted by Gasteiger charge is -2.38. The number of aromatic nitrogens is 3. The molecule has 1 aliphatic carbocycles. The third kappa shape index (κ3) is 3.37. The Balaban J connectivity index is 1.70. The molecule has 6 heteroatoms. The molecule has 1 aromatic heterocycles. The number of allylic oxidation sites excluding steroid dienone is 2. The molecule has 1 atom stereocenters. The number of nitrogens with zero attached hydrogens (tertiary/aromatic N) is 3.